The van der Waals surface area contributed by atoms with Crippen molar-refractivity contribution in [2.24, 2.45) is 5.16 Å². The molecule has 0 fully saturated rings. The highest BCUT2D eigenvalue weighted by atomic mass is 32.1. The molecule has 11 heteroatoms. The number of fused-ring (bicyclic) bond motifs is 1. The Hall–Kier alpha value is -4.51. The van der Waals surface area contributed by atoms with E-state index in [9.17, 15) is 4.79 Å². The van der Waals surface area contributed by atoms with Gasteiger partial charge in [0.25, 0.3) is 5.91 Å². The maximum Gasteiger partial charge on any atom is 0.264 e. The number of carbonyl (C=O) groups is 1. The first-order valence-electron chi connectivity index (χ1n) is 12.4. The SMILES string of the molecule is COc1ccc(C2CC(c3cc(OC)c(OC)c(OC)c3)=NO2)cc1OCC(=O)Nc1nc2c(C)cccc2s1. The number of nitrogens with zero attached hydrogens (tertiary/aromatic N) is 2. The smallest absolute Gasteiger partial charge is 0.264 e. The number of nitrogens with one attached hydrogen (secondary N) is 1. The van der Waals surface area contributed by atoms with Crippen LogP contribution in [0.2, 0.25) is 0 Å². The monoisotopic (exact) mass is 563 g/mol. The first kappa shape index (κ1) is 27.1. The Kier molecular flexibility index (Phi) is 7.92. The second-order valence-electron chi connectivity index (χ2n) is 8.94. The molecule has 208 valence electrons. The summed E-state index contributed by atoms with van der Waals surface area (Å²) in [4.78, 5) is 23.0. The van der Waals surface area contributed by atoms with Crippen molar-refractivity contribution in [3.05, 3.63) is 65.2 Å². The van der Waals surface area contributed by atoms with Gasteiger partial charge in [-0.1, -0.05) is 34.7 Å². The van der Waals surface area contributed by atoms with Gasteiger partial charge in [0.05, 0.1) is 44.4 Å². The third kappa shape index (κ3) is 5.46. The molecule has 1 atom stereocenters. The number of anilines is 1. The number of benzene rings is 3. The number of oxime groups is 1. The summed E-state index contributed by atoms with van der Waals surface area (Å²) in [5.74, 6) is 2.15. The van der Waals surface area contributed by atoms with E-state index in [1.807, 2.05) is 43.3 Å². The normalized spacial score (nSPS) is 14.3. The third-order valence-electron chi connectivity index (χ3n) is 6.45. The molecule has 1 aliphatic rings. The third-order valence-corrected chi connectivity index (χ3v) is 7.39. The molecular weight excluding hydrogens is 534 g/mol. The van der Waals surface area contributed by atoms with Crippen molar-refractivity contribution in [1.82, 2.24) is 4.98 Å². The Morgan fingerprint density at radius 1 is 0.975 bits per heavy atom. The van der Waals surface area contributed by atoms with E-state index in [1.165, 1.54) is 11.3 Å². The maximum atomic E-state index is 12.7. The van der Waals surface area contributed by atoms with Crippen LogP contribution in [-0.2, 0) is 9.63 Å². The maximum absolute atomic E-state index is 12.7. The highest BCUT2D eigenvalue weighted by Gasteiger charge is 2.27. The highest BCUT2D eigenvalue weighted by molar-refractivity contribution is 7.22. The van der Waals surface area contributed by atoms with Gasteiger partial charge in [0.2, 0.25) is 5.75 Å². The number of thiazole rings is 1. The number of ether oxygens (including phenoxy) is 5. The zero-order valence-electron chi connectivity index (χ0n) is 22.8. The second kappa shape index (κ2) is 11.7. The van der Waals surface area contributed by atoms with Crippen molar-refractivity contribution >= 4 is 38.3 Å². The van der Waals surface area contributed by atoms with Gasteiger partial charge < -0.3 is 28.5 Å². The van der Waals surface area contributed by atoms with Crippen molar-refractivity contribution < 1.29 is 33.3 Å². The number of methoxy groups -OCH3 is 4. The molecule has 0 spiro atoms. The predicted molar refractivity (Wildman–Crippen MR) is 153 cm³/mol. The summed E-state index contributed by atoms with van der Waals surface area (Å²) in [5.41, 5.74) is 4.28. The molecule has 3 aromatic carbocycles. The molecule has 0 radical (unpaired) electrons. The Morgan fingerprint density at radius 2 is 1.73 bits per heavy atom. The van der Waals surface area contributed by atoms with Crippen LogP contribution >= 0.6 is 11.3 Å². The molecule has 1 N–H and O–H groups in total. The van der Waals surface area contributed by atoms with Gasteiger partial charge in [-0.25, -0.2) is 4.98 Å². The molecule has 0 bridgehead atoms. The Bertz CT molecular complexity index is 1560. The fourth-order valence-electron chi connectivity index (χ4n) is 4.42. The van der Waals surface area contributed by atoms with E-state index in [-0.39, 0.29) is 18.6 Å². The summed E-state index contributed by atoms with van der Waals surface area (Å²) in [5, 5.41) is 7.65. The molecule has 4 aromatic rings. The zero-order chi connectivity index (χ0) is 28.2. The largest absolute Gasteiger partial charge is 0.493 e. The predicted octanol–water partition coefficient (Wildman–Crippen LogP) is 5.52. The summed E-state index contributed by atoms with van der Waals surface area (Å²) >= 11 is 1.42. The summed E-state index contributed by atoms with van der Waals surface area (Å²) in [7, 11) is 6.23. The number of hydrogen-bond donors (Lipinski definition) is 1. The summed E-state index contributed by atoms with van der Waals surface area (Å²) in [6, 6.07) is 15.1. The lowest BCUT2D eigenvalue weighted by atomic mass is 9.99. The number of para-hydroxylation sites is 1. The zero-order valence-corrected chi connectivity index (χ0v) is 23.6. The Labute approximate surface area is 235 Å². The topological polar surface area (TPSA) is 110 Å². The fourth-order valence-corrected chi connectivity index (χ4v) is 5.38. The van der Waals surface area contributed by atoms with Crippen LogP contribution in [0.1, 0.15) is 29.2 Å². The van der Waals surface area contributed by atoms with Crippen LogP contribution in [0.5, 0.6) is 28.7 Å². The quantitative estimate of drug-likeness (QED) is 0.269. The lowest BCUT2D eigenvalue weighted by Crippen LogP contribution is -2.20. The average Bonchev–Trinajstić information content (AvgIpc) is 3.63. The fraction of sp³-hybridized carbons (Fsp3) is 0.276. The Morgan fingerprint density at radius 3 is 2.40 bits per heavy atom. The van der Waals surface area contributed by atoms with E-state index < -0.39 is 0 Å². The van der Waals surface area contributed by atoms with Gasteiger partial charge in [-0.05, 0) is 48.4 Å². The summed E-state index contributed by atoms with van der Waals surface area (Å²) < 4.78 is 28.7. The summed E-state index contributed by atoms with van der Waals surface area (Å²) in [6.45, 7) is 1.77. The molecule has 1 unspecified atom stereocenters. The van der Waals surface area contributed by atoms with Crippen LogP contribution in [-0.4, -0.2) is 51.6 Å². The first-order valence-corrected chi connectivity index (χ1v) is 13.3. The van der Waals surface area contributed by atoms with E-state index in [2.05, 4.69) is 15.5 Å². The standard InChI is InChI=1S/C29H29N3O7S/c1-16-7-6-8-25-27(16)31-29(40-25)30-26(33)15-38-22-11-17(9-10-20(22)34-2)21-14-19(32-39-21)18-12-23(35-3)28(37-5)24(13-18)36-4/h6-13,21H,14-15H2,1-5H3,(H,30,31,33). The molecule has 40 heavy (non-hydrogen) atoms. The van der Waals surface area contributed by atoms with E-state index >= 15 is 0 Å². The van der Waals surface area contributed by atoms with Gasteiger partial charge in [0, 0.05) is 12.0 Å². The highest BCUT2D eigenvalue weighted by Crippen LogP contribution is 2.41. The molecule has 1 amide bonds. The molecule has 0 aliphatic carbocycles. The second-order valence-corrected chi connectivity index (χ2v) is 9.97. The number of carbonyl (C=O) groups excluding carboxylic acids is 1. The van der Waals surface area contributed by atoms with Crippen molar-refractivity contribution in [3.8, 4) is 28.7 Å². The van der Waals surface area contributed by atoms with Crippen LogP contribution in [0.25, 0.3) is 10.2 Å². The van der Waals surface area contributed by atoms with Crippen LogP contribution in [0.15, 0.2) is 53.7 Å². The van der Waals surface area contributed by atoms with Gasteiger partial charge in [0.1, 0.15) is 0 Å². The molecular formula is C29H29N3O7S. The van der Waals surface area contributed by atoms with Gasteiger partial charge in [-0.15, -0.1) is 0 Å². The molecule has 2 heterocycles. The van der Waals surface area contributed by atoms with Crippen molar-refractivity contribution in [1.29, 1.82) is 0 Å². The molecule has 0 saturated carbocycles. The molecule has 1 aliphatic heterocycles. The van der Waals surface area contributed by atoms with E-state index in [0.29, 0.717) is 40.3 Å². The molecule has 5 rings (SSSR count). The first-order chi connectivity index (χ1) is 19.4. The van der Waals surface area contributed by atoms with Crippen LogP contribution in [0.4, 0.5) is 5.13 Å². The minimum Gasteiger partial charge on any atom is -0.493 e. The molecule has 1 aromatic heterocycles. The van der Waals surface area contributed by atoms with Gasteiger partial charge in [-0.2, -0.15) is 0 Å². The minimum absolute atomic E-state index is 0.215. The number of rotatable bonds is 10. The van der Waals surface area contributed by atoms with Gasteiger partial charge >= 0.3 is 0 Å². The van der Waals surface area contributed by atoms with E-state index in [0.717, 1.165) is 32.6 Å². The van der Waals surface area contributed by atoms with Crippen molar-refractivity contribution in [3.63, 3.8) is 0 Å². The van der Waals surface area contributed by atoms with Crippen molar-refractivity contribution in [2.75, 3.05) is 40.4 Å². The van der Waals surface area contributed by atoms with Gasteiger partial charge in [0.15, 0.2) is 40.8 Å². The number of amides is 1. The molecule has 10 nitrogen and oxygen atoms in total. The van der Waals surface area contributed by atoms with Crippen LogP contribution in [0.3, 0.4) is 0 Å². The number of aromatic nitrogens is 1. The van der Waals surface area contributed by atoms with Crippen LogP contribution in [0, 0.1) is 6.92 Å². The lowest BCUT2D eigenvalue weighted by molar-refractivity contribution is -0.118. The van der Waals surface area contributed by atoms with Crippen molar-refractivity contribution in [2.45, 2.75) is 19.4 Å². The Balaban J connectivity index is 1.27. The molecule has 0 saturated heterocycles. The van der Waals surface area contributed by atoms with Crippen LogP contribution < -0.4 is 29.0 Å². The number of aryl methyl sites for hydroxylation is 1. The van der Waals surface area contributed by atoms with E-state index in [1.54, 1.807) is 40.6 Å². The average molecular weight is 564 g/mol. The summed E-state index contributed by atoms with van der Waals surface area (Å²) in [6.07, 6.45) is 0.143. The lowest BCUT2D eigenvalue weighted by Gasteiger charge is -2.15. The minimum atomic E-state index is -0.359. The number of hydrogen-bond acceptors (Lipinski definition) is 10. The van der Waals surface area contributed by atoms with Gasteiger partial charge in [-0.3, -0.25) is 10.1 Å². The van der Waals surface area contributed by atoms with E-state index in [4.69, 9.17) is 28.5 Å².